The first-order valence-electron chi connectivity index (χ1n) is 10.3. The van der Waals surface area contributed by atoms with Gasteiger partial charge in [0.15, 0.2) is 17.6 Å². The van der Waals surface area contributed by atoms with E-state index in [1.165, 1.54) is 31.7 Å². The summed E-state index contributed by atoms with van der Waals surface area (Å²) in [6.45, 7) is 6.21. The van der Waals surface area contributed by atoms with Gasteiger partial charge in [0.25, 0.3) is 0 Å². The molecule has 0 radical (unpaired) electrons. The molecule has 1 atom stereocenters. The number of halogens is 2. The lowest BCUT2D eigenvalue weighted by Crippen LogP contribution is -2.45. The average molecular weight is 504 g/mol. The van der Waals surface area contributed by atoms with Crippen LogP contribution in [0, 0.1) is 5.82 Å². The molecule has 0 spiro atoms. The highest BCUT2D eigenvalue weighted by atomic mass is 127. The molecule has 6 nitrogen and oxygen atoms in total. The Bertz CT molecular complexity index is 622. The van der Waals surface area contributed by atoms with Crippen molar-refractivity contribution in [1.82, 2.24) is 20.5 Å². The quantitative estimate of drug-likeness (QED) is 0.340. The Labute approximate surface area is 185 Å². The first kappa shape index (κ1) is 23.1. The summed E-state index contributed by atoms with van der Waals surface area (Å²) in [6.07, 6.45) is 7.95. The molecule has 1 unspecified atom stereocenters. The molecule has 2 aliphatic rings. The Balaban J connectivity index is 0.00000280. The largest absolute Gasteiger partial charge is 0.357 e. The molecule has 0 aromatic carbocycles. The molecule has 2 heterocycles. The summed E-state index contributed by atoms with van der Waals surface area (Å²) in [6, 6.07) is 4.07. The van der Waals surface area contributed by atoms with Gasteiger partial charge in [0, 0.05) is 44.5 Å². The van der Waals surface area contributed by atoms with E-state index >= 15 is 0 Å². The van der Waals surface area contributed by atoms with Crippen molar-refractivity contribution < 1.29 is 4.39 Å². The van der Waals surface area contributed by atoms with E-state index in [9.17, 15) is 4.39 Å². The average Bonchev–Trinajstić information content (AvgIpc) is 3.34. The Morgan fingerprint density at radius 3 is 2.86 bits per heavy atom. The number of aliphatic imine (C=N–C) groups is 1. The fraction of sp³-hybridized carbons (Fsp3) is 0.700. The maximum atomic E-state index is 14.0. The molecule has 3 rings (SSSR count). The van der Waals surface area contributed by atoms with Crippen molar-refractivity contribution in [2.75, 3.05) is 44.7 Å². The van der Waals surface area contributed by atoms with Crippen molar-refractivity contribution in [2.24, 2.45) is 4.99 Å². The highest BCUT2D eigenvalue weighted by Gasteiger charge is 2.26. The van der Waals surface area contributed by atoms with E-state index < -0.39 is 0 Å². The monoisotopic (exact) mass is 504 g/mol. The van der Waals surface area contributed by atoms with Crippen LogP contribution in [0.2, 0.25) is 0 Å². The third-order valence-corrected chi connectivity index (χ3v) is 5.58. The zero-order chi connectivity index (χ0) is 19.1. The third kappa shape index (κ3) is 6.43. The van der Waals surface area contributed by atoms with E-state index in [1.807, 2.05) is 4.90 Å². The molecule has 1 aromatic heterocycles. The van der Waals surface area contributed by atoms with Crippen LogP contribution in [0.15, 0.2) is 23.3 Å². The number of rotatable bonds is 7. The summed E-state index contributed by atoms with van der Waals surface area (Å²) >= 11 is 0. The number of aromatic nitrogens is 1. The van der Waals surface area contributed by atoms with Crippen molar-refractivity contribution in [3.8, 4) is 0 Å². The first-order chi connectivity index (χ1) is 13.2. The van der Waals surface area contributed by atoms with Gasteiger partial charge in [-0.05, 0) is 45.4 Å². The van der Waals surface area contributed by atoms with Gasteiger partial charge in [0.1, 0.15) is 0 Å². The summed E-state index contributed by atoms with van der Waals surface area (Å²) in [5.74, 6) is 1.04. The molecule has 158 valence electrons. The van der Waals surface area contributed by atoms with Gasteiger partial charge in [-0.1, -0.05) is 12.8 Å². The fourth-order valence-corrected chi connectivity index (χ4v) is 4.04. The Morgan fingerprint density at radius 2 is 2.14 bits per heavy atom. The molecular weight excluding hydrogens is 470 g/mol. The third-order valence-electron chi connectivity index (χ3n) is 5.58. The van der Waals surface area contributed by atoms with Crippen molar-refractivity contribution >= 4 is 35.8 Å². The summed E-state index contributed by atoms with van der Waals surface area (Å²) in [4.78, 5) is 13.4. The number of hydrogen-bond donors (Lipinski definition) is 2. The van der Waals surface area contributed by atoms with Crippen molar-refractivity contribution in [3.05, 3.63) is 24.1 Å². The van der Waals surface area contributed by atoms with Crippen LogP contribution in [0.25, 0.3) is 0 Å². The summed E-state index contributed by atoms with van der Waals surface area (Å²) in [5, 5.41) is 6.84. The standard InChI is InChI=1S/C20H33FN6.HI/c1-3-22-20(24-12-14-26(2)17-7-4-5-8-17)25-16-10-13-27(15-16)19-18(21)9-6-11-23-19;/h6,9,11,16-17H,3-5,7-8,10,12-15H2,1-2H3,(H2,22,24,25);1H. The SMILES string of the molecule is CCNC(=NCCN(C)C1CCCC1)NC1CCN(c2ncccc2F)C1.I. The van der Waals surface area contributed by atoms with Crippen LogP contribution in [0.3, 0.4) is 0 Å². The van der Waals surface area contributed by atoms with Crippen LogP contribution in [0.1, 0.15) is 39.0 Å². The van der Waals surface area contributed by atoms with Crippen LogP contribution < -0.4 is 15.5 Å². The van der Waals surface area contributed by atoms with Gasteiger partial charge in [0.2, 0.25) is 0 Å². The minimum absolute atomic E-state index is 0. The van der Waals surface area contributed by atoms with Gasteiger partial charge in [0.05, 0.1) is 6.54 Å². The Morgan fingerprint density at radius 1 is 1.36 bits per heavy atom. The molecular formula is C20H34FIN6. The van der Waals surface area contributed by atoms with Crippen LogP contribution in [0.4, 0.5) is 10.2 Å². The molecule has 8 heteroatoms. The molecule has 1 saturated carbocycles. The molecule has 2 fully saturated rings. The van der Waals surface area contributed by atoms with Crippen LogP contribution in [-0.4, -0.2) is 67.7 Å². The van der Waals surface area contributed by atoms with Gasteiger partial charge in [-0.2, -0.15) is 0 Å². The second-order valence-corrected chi connectivity index (χ2v) is 7.56. The topological polar surface area (TPSA) is 55.8 Å². The molecule has 0 bridgehead atoms. The number of likely N-dealkylation sites (N-methyl/N-ethyl adjacent to an activating group) is 1. The second kappa shape index (κ2) is 11.7. The molecule has 2 N–H and O–H groups in total. The summed E-state index contributed by atoms with van der Waals surface area (Å²) in [7, 11) is 2.21. The minimum atomic E-state index is -0.256. The molecule has 1 aliphatic heterocycles. The molecule has 1 saturated heterocycles. The highest BCUT2D eigenvalue weighted by Crippen LogP contribution is 2.22. The number of nitrogens with one attached hydrogen (secondary N) is 2. The van der Waals surface area contributed by atoms with Crippen molar-refractivity contribution in [1.29, 1.82) is 0 Å². The van der Waals surface area contributed by atoms with E-state index in [0.29, 0.717) is 5.82 Å². The zero-order valence-corrected chi connectivity index (χ0v) is 19.4. The number of nitrogens with zero attached hydrogens (tertiary/aromatic N) is 4. The van der Waals surface area contributed by atoms with E-state index in [-0.39, 0.29) is 35.8 Å². The van der Waals surface area contributed by atoms with Crippen LogP contribution >= 0.6 is 24.0 Å². The molecule has 0 amide bonds. The second-order valence-electron chi connectivity index (χ2n) is 7.56. The van der Waals surface area contributed by atoms with Crippen LogP contribution in [-0.2, 0) is 0 Å². The predicted octanol–water partition coefficient (Wildman–Crippen LogP) is 2.85. The molecule has 1 aliphatic carbocycles. The zero-order valence-electron chi connectivity index (χ0n) is 17.0. The summed E-state index contributed by atoms with van der Waals surface area (Å²) < 4.78 is 14.0. The Hall–Kier alpha value is -1.16. The molecule has 1 aromatic rings. The Kier molecular flexibility index (Phi) is 9.70. The number of hydrogen-bond acceptors (Lipinski definition) is 4. The lowest BCUT2D eigenvalue weighted by Gasteiger charge is -2.23. The lowest BCUT2D eigenvalue weighted by molar-refractivity contribution is 0.252. The van der Waals surface area contributed by atoms with Gasteiger partial charge in [-0.3, -0.25) is 4.99 Å². The van der Waals surface area contributed by atoms with Crippen LogP contribution in [0.5, 0.6) is 0 Å². The number of anilines is 1. The maximum absolute atomic E-state index is 14.0. The highest BCUT2D eigenvalue weighted by molar-refractivity contribution is 14.0. The van der Waals surface area contributed by atoms with E-state index in [1.54, 1.807) is 12.3 Å². The molecule has 28 heavy (non-hydrogen) atoms. The van der Waals surface area contributed by atoms with E-state index in [2.05, 4.69) is 34.5 Å². The van der Waals surface area contributed by atoms with Gasteiger partial charge >= 0.3 is 0 Å². The van der Waals surface area contributed by atoms with E-state index in [4.69, 9.17) is 4.99 Å². The lowest BCUT2D eigenvalue weighted by atomic mass is 10.2. The number of guanidine groups is 1. The van der Waals surface area contributed by atoms with Gasteiger partial charge < -0.3 is 20.4 Å². The number of pyridine rings is 1. The smallest absolute Gasteiger partial charge is 0.191 e. The minimum Gasteiger partial charge on any atom is -0.357 e. The first-order valence-corrected chi connectivity index (χ1v) is 10.3. The van der Waals surface area contributed by atoms with Crippen molar-refractivity contribution in [2.45, 2.75) is 51.1 Å². The normalized spacial score (nSPS) is 20.5. The van der Waals surface area contributed by atoms with Crippen molar-refractivity contribution in [3.63, 3.8) is 0 Å². The predicted molar refractivity (Wildman–Crippen MR) is 124 cm³/mol. The summed E-state index contributed by atoms with van der Waals surface area (Å²) in [5.41, 5.74) is 0. The maximum Gasteiger partial charge on any atom is 0.191 e. The van der Waals surface area contributed by atoms with Gasteiger partial charge in [-0.15, -0.1) is 24.0 Å². The van der Waals surface area contributed by atoms with E-state index in [0.717, 1.165) is 51.1 Å². The van der Waals surface area contributed by atoms with Gasteiger partial charge in [-0.25, -0.2) is 9.37 Å². The fourth-order valence-electron chi connectivity index (χ4n) is 4.04.